The summed E-state index contributed by atoms with van der Waals surface area (Å²) in [6.45, 7) is 7.06. The minimum absolute atomic E-state index is 0.241. The predicted octanol–water partition coefficient (Wildman–Crippen LogP) is 5.04. The number of carbonyl (C=O) groups excluding carboxylic acids is 1. The Hall–Kier alpha value is -2.57. The van der Waals surface area contributed by atoms with Crippen LogP contribution in [0, 0.1) is 5.82 Å². The van der Waals surface area contributed by atoms with Crippen molar-refractivity contribution in [3.8, 4) is 10.6 Å². The normalized spacial score (nSPS) is 11.0. The van der Waals surface area contributed by atoms with Gasteiger partial charge in [-0.15, -0.1) is 11.3 Å². The molecule has 1 aromatic heterocycles. The van der Waals surface area contributed by atoms with Crippen LogP contribution in [0.3, 0.4) is 0 Å². The van der Waals surface area contributed by atoms with Crippen molar-refractivity contribution in [3.05, 3.63) is 71.0 Å². The van der Waals surface area contributed by atoms with Gasteiger partial charge in [0.05, 0.1) is 6.20 Å². The number of anilines is 1. The topological polar surface area (TPSA) is 45.2 Å². The van der Waals surface area contributed by atoms with Crippen LogP contribution in [-0.4, -0.2) is 28.9 Å². The van der Waals surface area contributed by atoms with Gasteiger partial charge >= 0.3 is 0 Å². The summed E-state index contributed by atoms with van der Waals surface area (Å²) in [5.74, 6) is -0.585. The molecule has 0 unspecified atom stereocenters. The summed E-state index contributed by atoms with van der Waals surface area (Å²) in [5.41, 5.74) is 2.29. The minimum Gasteiger partial charge on any atom is -0.321 e. The largest absolute Gasteiger partial charge is 0.321 e. The zero-order valence-corrected chi connectivity index (χ0v) is 16.2. The van der Waals surface area contributed by atoms with Crippen molar-refractivity contribution < 1.29 is 9.18 Å². The highest BCUT2D eigenvalue weighted by molar-refractivity contribution is 7.17. The molecule has 140 valence electrons. The minimum atomic E-state index is -0.345. The molecule has 1 heterocycles. The first-order chi connectivity index (χ1) is 13.1. The van der Waals surface area contributed by atoms with Crippen molar-refractivity contribution in [1.29, 1.82) is 0 Å². The molecule has 0 aliphatic carbocycles. The Labute approximate surface area is 162 Å². The molecule has 27 heavy (non-hydrogen) atoms. The fourth-order valence-electron chi connectivity index (χ4n) is 2.78. The molecule has 0 atom stereocenters. The van der Waals surface area contributed by atoms with E-state index in [0.29, 0.717) is 15.4 Å². The zero-order chi connectivity index (χ0) is 19.2. The van der Waals surface area contributed by atoms with Crippen LogP contribution in [0.2, 0.25) is 0 Å². The van der Waals surface area contributed by atoms with E-state index in [9.17, 15) is 9.18 Å². The lowest BCUT2D eigenvalue weighted by atomic mass is 10.2. The quantitative estimate of drug-likeness (QED) is 0.621. The lowest BCUT2D eigenvalue weighted by molar-refractivity contribution is 0.103. The number of thiazole rings is 1. The Balaban J connectivity index is 1.72. The van der Waals surface area contributed by atoms with Crippen LogP contribution < -0.4 is 5.32 Å². The van der Waals surface area contributed by atoms with Crippen LogP contribution in [0.25, 0.3) is 10.6 Å². The first-order valence-corrected chi connectivity index (χ1v) is 9.75. The number of rotatable bonds is 7. The van der Waals surface area contributed by atoms with Crippen LogP contribution in [0.1, 0.15) is 29.1 Å². The Morgan fingerprint density at radius 2 is 1.93 bits per heavy atom. The predicted molar refractivity (Wildman–Crippen MR) is 109 cm³/mol. The van der Waals surface area contributed by atoms with Gasteiger partial charge in [0, 0.05) is 17.8 Å². The summed E-state index contributed by atoms with van der Waals surface area (Å²) in [4.78, 5) is 19.5. The van der Waals surface area contributed by atoms with Crippen molar-refractivity contribution in [3.63, 3.8) is 0 Å². The number of hydrogen-bond donors (Lipinski definition) is 1. The average molecular weight is 383 g/mol. The van der Waals surface area contributed by atoms with Gasteiger partial charge in [-0.3, -0.25) is 9.69 Å². The van der Waals surface area contributed by atoms with Crippen molar-refractivity contribution in [2.24, 2.45) is 0 Å². The first kappa shape index (κ1) is 19.2. The fourth-order valence-corrected chi connectivity index (χ4v) is 3.62. The maximum atomic E-state index is 13.9. The number of hydrogen-bond acceptors (Lipinski definition) is 4. The van der Waals surface area contributed by atoms with Crippen LogP contribution in [0.4, 0.5) is 10.1 Å². The van der Waals surface area contributed by atoms with Crippen molar-refractivity contribution in [1.82, 2.24) is 9.88 Å². The molecule has 0 fully saturated rings. The number of nitrogens with one attached hydrogen (secondary N) is 1. The molecule has 0 aliphatic rings. The van der Waals surface area contributed by atoms with E-state index in [1.165, 1.54) is 23.6 Å². The van der Waals surface area contributed by atoms with Crippen LogP contribution >= 0.6 is 11.3 Å². The van der Waals surface area contributed by atoms with Crippen LogP contribution in [-0.2, 0) is 6.54 Å². The van der Waals surface area contributed by atoms with Crippen LogP contribution in [0.5, 0.6) is 0 Å². The van der Waals surface area contributed by atoms with Crippen molar-refractivity contribution >= 4 is 22.9 Å². The van der Waals surface area contributed by atoms with Gasteiger partial charge in [-0.05, 0) is 42.9 Å². The van der Waals surface area contributed by atoms with Gasteiger partial charge in [-0.1, -0.05) is 38.1 Å². The van der Waals surface area contributed by atoms with Gasteiger partial charge in [0.25, 0.3) is 5.91 Å². The summed E-state index contributed by atoms with van der Waals surface area (Å²) < 4.78 is 13.9. The highest BCUT2D eigenvalue weighted by Crippen LogP contribution is 2.27. The van der Waals surface area contributed by atoms with E-state index in [1.807, 2.05) is 18.2 Å². The van der Waals surface area contributed by atoms with E-state index in [-0.39, 0.29) is 11.7 Å². The van der Waals surface area contributed by atoms with Gasteiger partial charge in [0.15, 0.2) is 0 Å². The summed E-state index contributed by atoms with van der Waals surface area (Å²) in [5, 5.41) is 3.40. The molecule has 0 radical (unpaired) electrons. The molecule has 1 N–H and O–H groups in total. The van der Waals surface area contributed by atoms with E-state index < -0.39 is 0 Å². The van der Waals surface area contributed by atoms with E-state index in [2.05, 4.69) is 35.1 Å². The number of aromatic nitrogens is 1. The second-order valence-electron chi connectivity index (χ2n) is 6.13. The third-order valence-corrected chi connectivity index (χ3v) is 5.35. The molecule has 0 bridgehead atoms. The van der Waals surface area contributed by atoms with Gasteiger partial charge in [-0.2, -0.15) is 0 Å². The molecule has 0 spiro atoms. The Morgan fingerprint density at radius 3 is 2.67 bits per heavy atom. The number of nitrogens with zero attached hydrogens (tertiary/aromatic N) is 2. The van der Waals surface area contributed by atoms with E-state index in [0.717, 1.165) is 30.9 Å². The third kappa shape index (κ3) is 4.78. The maximum Gasteiger partial charge on any atom is 0.267 e. The molecule has 1 amide bonds. The van der Waals surface area contributed by atoms with E-state index in [4.69, 9.17) is 0 Å². The van der Waals surface area contributed by atoms with Gasteiger partial charge < -0.3 is 5.32 Å². The van der Waals surface area contributed by atoms with Crippen molar-refractivity contribution in [2.45, 2.75) is 20.4 Å². The van der Waals surface area contributed by atoms with E-state index >= 15 is 0 Å². The third-order valence-electron chi connectivity index (χ3n) is 4.32. The van der Waals surface area contributed by atoms with Gasteiger partial charge in [0.2, 0.25) is 0 Å². The molecule has 0 aliphatic heterocycles. The molecule has 0 saturated carbocycles. The smallest absolute Gasteiger partial charge is 0.267 e. The Morgan fingerprint density at radius 1 is 1.15 bits per heavy atom. The number of amides is 1. The lowest BCUT2D eigenvalue weighted by Gasteiger charge is -2.18. The summed E-state index contributed by atoms with van der Waals surface area (Å²) >= 11 is 1.18. The lowest BCUT2D eigenvalue weighted by Crippen LogP contribution is -2.22. The zero-order valence-electron chi connectivity index (χ0n) is 15.4. The SMILES string of the molecule is CCN(CC)Cc1cccc(NC(=O)c2cnc(-c3ccccc3F)s2)c1. The van der Waals surface area contributed by atoms with E-state index in [1.54, 1.807) is 18.2 Å². The maximum absolute atomic E-state index is 13.9. The second kappa shape index (κ2) is 8.88. The number of carbonyl (C=O) groups is 1. The summed E-state index contributed by atoms with van der Waals surface area (Å²) in [6.07, 6.45) is 1.49. The second-order valence-corrected chi connectivity index (χ2v) is 7.16. The molecular formula is C21H22FN3OS. The molecule has 4 nitrogen and oxygen atoms in total. The molecule has 3 aromatic rings. The highest BCUT2D eigenvalue weighted by atomic mass is 32.1. The highest BCUT2D eigenvalue weighted by Gasteiger charge is 2.14. The fraction of sp³-hybridized carbons (Fsp3) is 0.238. The summed E-state index contributed by atoms with van der Waals surface area (Å²) in [6, 6.07) is 14.3. The van der Waals surface area contributed by atoms with Gasteiger partial charge in [0.1, 0.15) is 15.7 Å². The standard InChI is InChI=1S/C21H22FN3OS/c1-3-25(4-2)14-15-8-7-9-16(12-15)24-20(26)19-13-23-21(27-19)17-10-5-6-11-18(17)22/h5-13H,3-4,14H2,1-2H3,(H,24,26). The Kier molecular flexibility index (Phi) is 6.32. The van der Waals surface area contributed by atoms with Gasteiger partial charge in [-0.25, -0.2) is 9.37 Å². The number of halogens is 1. The molecule has 3 rings (SSSR count). The summed E-state index contributed by atoms with van der Waals surface area (Å²) in [7, 11) is 0. The van der Waals surface area contributed by atoms with Crippen molar-refractivity contribution in [2.75, 3.05) is 18.4 Å². The Bertz CT molecular complexity index is 921. The monoisotopic (exact) mass is 383 g/mol. The first-order valence-electron chi connectivity index (χ1n) is 8.94. The molecule has 2 aromatic carbocycles. The molecule has 6 heteroatoms. The average Bonchev–Trinajstić information content (AvgIpc) is 3.17. The molecule has 0 saturated heterocycles. The van der Waals surface area contributed by atoms with Crippen LogP contribution in [0.15, 0.2) is 54.7 Å². The number of benzene rings is 2. The molecular weight excluding hydrogens is 361 g/mol.